The molecule has 0 radical (unpaired) electrons. The van der Waals surface area contributed by atoms with Gasteiger partial charge in [0.15, 0.2) is 0 Å². The summed E-state index contributed by atoms with van der Waals surface area (Å²) >= 11 is 0. The third-order valence-electron chi connectivity index (χ3n) is 3.69. The van der Waals surface area contributed by atoms with Gasteiger partial charge in [-0.1, -0.05) is 13.8 Å². The SMILES string of the molecule is CCN(CC)c1ccc2nc(C(C)C)cc(NN)c2c1. The standard InChI is InChI=1S/C16H24N4/c1-5-20(6-2)12-7-8-14-13(9-12)16(19-17)10-15(18-14)11(3)4/h7-11H,5-6,17H2,1-4H3,(H,18,19). The van der Waals surface area contributed by atoms with Crippen molar-refractivity contribution in [1.82, 2.24) is 4.98 Å². The summed E-state index contributed by atoms with van der Waals surface area (Å²) in [5, 5.41) is 1.07. The average molecular weight is 272 g/mol. The van der Waals surface area contributed by atoms with Crippen molar-refractivity contribution in [2.75, 3.05) is 23.4 Å². The van der Waals surface area contributed by atoms with Gasteiger partial charge in [0.05, 0.1) is 11.2 Å². The molecule has 0 aliphatic rings. The minimum absolute atomic E-state index is 0.383. The maximum Gasteiger partial charge on any atom is 0.0728 e. The van der Waals surface area contributed by atoms with Crippen LogP contribution >= 0.6 is 0 Å². The summed E-state index contributed by atoms with van der Waals surface area (Å²) < 4.78 is 0. The van der Waals surface area contributed by atoms with Crippen LogP contribution in [0, 0.1) is 0 Å². The Balaban J connectivity index is 2.59. The van der Waals surface area contributed by atoms with Gasteiger partial charge in [-0.05, 0) is 44.0 Å². The lowest BCUT2D eigenvalue weighted by Crippen LogP contribution is -2.21. The summed E-state index contributed by atoms with van der Waals surface area (Å²) in [6.45, 7) is 10.6. The van der Waals surface area contributed by atoms with E-state index >= 15 is 0 Å². The molecule has 1 aromatic carbocycles. The molecule has 3 N–H and O–H groups in total. The first-order valence-electron chi connectivity index (χ1n) is 7.26. The van der Waals surface area contributed by atoms with Crippen LogP contribution in [0.25, 0.3) is 10.9 Å². The number of pyridine rings is 1. The number of aromatic nitrogens is 1. The number of nitrogen functional groups attached to an aromatic ring is 1. The molecule has 0 saturated carbocycles. The molecule has 0 aliphatic carbocycles. The molecule has 0 aliphatic heterocycles. The Morgan fingerprint density at radius 1 is 1.20 bits per heavy atom. The van der Waals surface area contributed by atoms with E-state index in [1.165, 1.54) is 5.69 Å². The van der Waals surface area contributed by atoms with Crippen molar-refractivity contribution in [3.05, 3.63) is 30.0 Å². The Morgan fingerprint density at radius 3 is 2.45 bits per heavy atom. The minimum atomic E-state index is 0.383. The number of nitrogens with one attached hydrogen (secondary N) is 1. The molecule has 0 atom stereocenters. The second-order valence-corrected chi connectivity index (χ2v) is 5.27. The number of anilines is 2. The lowest BCUT2D eigenvalue weighted by atomic mass is 10.1. The fraction of sp³-hybridized carbons (Fsp3) is 0.438. The number of hydrogen-bond donors (Lipinski definition) is 2. The summed E-state index contributed by atoms with van der Waals surface area (Å²) in [4.78, 5) is 7.04. The van der Waals surface area contributed by atoms with Crippen LogP contribution in [0.5, 0.6) is 0 Å². The highest BCUT2D eigenvalue weighted by Gasteiger charge is 2.10. The van der Waals surface area contributed by atoms with E-state index in [1.54, 1.807) is 0 Å². The van der Waals surface area contributed by atoms with Gasteiger partial charge in [0.1, 0.15) is 0 Å². The molecule has 108 valence electrons. The van der Waals surface area contributed by atoms with Gasteiger partial charge in [-0.3, -0.25) is 10.8 Å². The highest BCUT2D eigenvalue weighted by Crippen LogP contribution is 2.29. The molecule has 20 heavy (non-hydrogen) atoms. The second kappa shape index (κ2) is 6.09. The molecule has 1 aromatic heterocycles. The zero-order valence-electron chi connectivity index (χ0n) is 12.8. The summed E-state index contributed by atoms with van der Waals surface area (Å²) in [6, 6.07) is 8.41. The summed E-state index contributed by atoms with van der Waals surface area (Å²) in [5.41, 5.74) is 7.00. The Bertz CT molecular complexity index is 588. The maximum absolute atomic E-state index is 5.68. The van der Waals surface area contributed by atoms with Gasteiger partial charge < -0.3 is 10.3 Å². The summed E-state index contributed by atoms with van der Waals surface area (Å²) in [5.74, 6) is 6.07. The van der Waals surface area contributed by atoms with E-state index in [9.17, 15) is 0 Å². The molecule has 0 spiro atoms. The molecule has 0 unspecified atom stereocenters. The Labute approximate surface area is 121 Å². The third kappa shape index (κ3) is 2.70. The zero-order valence-corrected chi connectivity index (χ0v) is 12.8. The van der Waals surface area contributed by atoms with Gasteiger partial charge >= 0.3 is 0 Å². The number of hydrazine groups is 1. The predicted molar refractivity (Wildman–Crippen MR) is 87.2 cm³/mol. The van der Waals surface area contributed by atoms with E-state index in [2.05, 4.69) is 56.2 Å². The zero-order chi connectivity index (χ0) is 14.7. The Hall–Kier alpha value is -1.81. The van der Waals surface area contributed by atoms with Crippen LogP contribution in [-0.2, 0) is 0 Å². The van der Waals surface area contributed by atoms with Crippen molar-refractivity contribution in [3.63, 3.8) is 0 Å². The van der Waals surface area contributed by atoms with Gasteiger partial charge in [0.2, 0.25) is 0 Å². The second-order valence-electron chi connectivity index (χ2n) is 5.27. The number of fused-ring (bicyclic) bond motifs is 1. The van der Waals surface area contributed by atoms with Crippen LogP contribution in [0.1, 0.15) is 39.3 Å². The first kappa shape index (κ1) is 14.6. The first-order chi connectivity index (χ1) is 9.60. The number of nitrogens with zero attached hydrogens (tertiary/aromatic N) is 2. The fourth-order valence-electron chi connectivity index (χ4n) is 2.43. The highest BCUT2D eigenvalue weighted by atomic mass is 15.2. The van der Waals surface area contributed by atoms with E-state index in [4.69, 9.17) is 10.8 Å². The molecule has 4 nitrogen and oxygen atoms in total. The molecule has 0 saturated heterocycles. The molecule has 0 bridgehead atoms. The van der Waals surface area contributed by atoms with Crippen LogP contribution < -0.4 is 16.2 Å². The van der Waals surface area contributed by atoms with Crippen LogP contribution in [0.4, 0.5) is 11.4 Å². The van der Waals surface area contributed by atoms with Crippen molar-refractivity contribution < 1.29 is 0 Å². The topological polar surface area (TPSA) is 54.2 Å². The van der Waals surface area contributed by atoms with E-state index < -0.39 is 0 Å². The van der Waals surface area contributed by atoms with Crippen LogP contribution in [-0.4, -0.2) is 18.1 Å². The normalized spacial score (nSPS) is 11.1. The first-order valence-corrected chi connectivity index (χ1v) is 7.26. The molecular formula is C16H24N4. The minimum Gasteiger partial charge on any atom is -0.372 e. The average Bonchev–Trinajstić information content (AvgIpc) is 2.47. The van der Waals surface area contributed by atoms with Crippen molar-refractivity contribution in [2.45, 2.75) is 33.6 Å². The van der Waals surface area contributed by atoms with Crippen molar-refractivity contribution in [2.24, 2.45) is 5.84 Å². The number of rotatable bonds is 5. The monoisotopic (exact) mass is 272 g/mol. The number of benzene rings is 1. The molecule has 2 rings (SSSR count). The summed E-state index contributed by atoms with van der Waals surface area (Å²) in [6.07, 6.45) is 0. The lowest BCUT2D eigenvalue weighted by molar-refractivity contribution is 0.830. The predicted octanol–water partition coefficient (Wildman–Crippen LogP) is 3.49. The Morgan fingerprint density at radius 2 is 1.90 bits per heavy atom. The van der Waals surface area contributed by atoms with Gasteiger partial charge in [0, 0.05) is 29.9 Å². The molecule has 4 heteroatoms. The number of hydrogen-bond acceptors (Lipinski definition) is 4. The van der Waals surface area contributed by atoms with E-state index in [-0.39, 0.29) is 0 Å². The van der Waals surface area contributed by atoms with Crippen LogP contribution in [0.3, 0.4) is 0 Å². The van der Waals surface area contributed by atoms with Crippen LogP contribution in [0.15, 0.2) is 24.3 Å². The van der Waals surface area contributed by atoms with E-state index in [0.29, 0.717) is 5.92 Å². The van der Waals surface area contributed by atoms with Crippen molar-refractivity contribution in [1.29, 1.82) is 0 Å². The van der Waals surface area contributed by atoms with Gasteiger partial charge in [-0.15, -0.1) is 0 Å². The largest absolute Gasteiger partial charge is 0.372 e. The molecule has 1 heterocycles. The molecule has 0 fully saturated rings. The Kier molecular flexibility index (Phi) is 4.45. The highest BCUT2D eigenvalue weighted by molar-refractivity contribution is 5.93. The van der Waals surface area contributed by atoms with E-state index in [1.807, 2.05) is 6.07 Å². The fourth-order valence-corrected chi connectivity index (χ4v) is 2.43. The smallest absolute Gasteiger partial charge is 0.0728 e. The van der Waals surface area contributed by atoms with E-state index in [0.717, 1.165) is 35.4 Å². The van der Waals surface area contributed by atoms with Crippen molar-refractivity contribution in [3.8, 4) is 0 Å². The molecule has 0 amide bonds. The molecule has 2 aromatic rings. The maximum atomic E-state index is 5.68. The van der Waals surface area contributed by atoms with Gasteiger partial charge in [-0.2, -0.15) is 0 Å². The van der Waals surface area contributed by atoms with Gasteiger partial charge in [0.25, 0.3) is 0 Å². The lowest BCUT2D eigenvalue weighted by Gasteiger charge is -2.22. The van der Waals surface area contributed by atoms with Crippen molar-refractivity contribution >= 4 is 22.3 Å². The van der Waals surface area contributed by atoms with Gasteiger partial charge in [-0.25, -0.2) is 0 Å². The quantitative estimate of drug-likeness (QED) is 0.646. The summed E-state index contributed by atoms with van der Waals surface area (Å²) in [7, 11) is 0. The number of nitrogens with two attached hydrogens (primary N) is 1. The third-order valence-corrected chi connectivity index (χ3v) is 3.69. The van der Waals surface area contributed by atoms with Crippen LogP contribution in [0.2, 0.25) is 0 Å². The molecular weight excluding hydrogens is 248 g/mol.